The Labute approximate surface area is 181 Å². The van der Waals surface area contributed by atoms with Gasteiger partial charge in [-0.3, -0.25) is 14.9 Å². The zero-order valence-electron chi connectivity index (χ0n) is 15.8. The maximum Gasteiger partial charge on any atom is 0.305 e. The van der Waals surface area contributed by atoms with Crippen molar-refractivity contribution in [2.24, 2.45) is 0 Å². The molecule has 10 heteroatoms. The van der Waals surface area contributed by atoms with Gasteiger partial charge in [0.15, 0.2) is 0 Å². The topological polar surface area (TPSA) is 105 Å². The van der Waals surface area contributed by atoms with Gasteiger partial charge >= 0.3 is 4.87 Å². The van der Waals surface area contributed by atoms with E-state index in [1.807, 2.05) is 36.8 Å². The number of aromatic nitrogens is 7. The first-order valence-electron chi connectivity index (χ1n) is 9.18. The summed E-state index contributed by atoms with van der Waals surface area (Å²) in [7, 11) is 0. The number of nitrogens with one attached hydrogen (secondary N) is 2. The zero-order chi connectivity index (χ0) is 19.6. The number of benzene rings is 1. The minimum Gasteiger partial charge on any atom is -0.312 e. The summed E-state index contributed by atoms with van der Waals surface area (Å²) in [6.45, 7) is 0.638. The van der Waals surface area contributed by atoms with Crippen LogP contribution in [0.1, 0.15) is 16.8 Å². The molecular weight excluding hydrogens is 422 g/mol. The number of hydrogen-bond donors (Lipinski definition) is 2. The predicted molar refractivity (Wildman–Crippen MR) is 118 cm³/mol. The summed E-state index contributed by atoms with van der Waals surface area (Å²) in [5.41, 5.74) is 6.07. The van der Waals surface area contributed by atoms with Gasteiger partial charge < -0.3 is 4.98 Å². The molecule has 0 aliphatic carbocycles. The van der Waals surface area contributed by atoms with Gasteiger partial charge in [-0.1, -0.05) is 28.7 Å². The number of fused-ring (bicyclic) bond motifs is 1. The fourth-order valence-corrected chi connectivity index (χ4v) is 4.12. The lowest BCUT2D eigenvalue weighted by atomic mass is 10.0. The van der Waals surface area contributed by atoms with Crippen LogP contribution in [0.4, 0.5) is 0 Å². The van der Waals surface area contributed by atoms with E-state index in [0.717, 1.165) is 45.6 Å². The quantitative estimate of drug-likeness (QED) is 0.422. The van der Waals surface area contributed by atoms with Crippen molar-refractivity contribution in [1.29, 1.82) is 0 Å². The van der Waals surface area contributed by atoms with Crippen LogP contribution < -0.4 is 4.87 Å². The molecule has 0 amide bonds. The van der Waals surface area contributed by atoms with Crippen LogP contribution in [0, 0.1) is 0 Å². The van der Waals surface area contributed by atoms with Crippen molar-refractivity contribution in [2.75, 3.05) is 0 Å². The van der Waals surface area contributed by atoms with Crippen LogP contribution in [0.5, 0.6) is 0 Å². The molecule has 30 heavy (non-hydrogen) atoms. The summed E-state index contributed by atoms with van der Waals surface area (Å²) < 4.78 is 2.75. The number of halogens is 1. The van der Waals surface area contributed by atoms with Crippen LogP contribution in [0.2, 0.25) is 0 Å². The average molecular weight is 440 g/mol. The Bertz CT molecular complexity index is 1310. The summed E-state index contributed by atoms with van der Waals surface area (Å²) in [6.07, 6.45) is 8.81. The van der Waals surface area contributed by atoms with Crippen molar-refractivity contribution < 1.29 is 0 Å². The van der Waals surface area contributed by atoms with E-state index < -0.39 is 0 Å². The second-order valence-corrected chi connectivity index (χ2v) is 7.77. The number of rotatable bonds is 6. The molecule has 4 aromatic heterocycles. The predicted octanol–water partition coefficient (Wildman–Crippen LogP) is 3.22. The largest absolute Gasteiger partial charge is 0.312 e. The summed E-state index contributed by atoms with van der Waals surface area (Å²) in [5, 5.41) is 15.1. The van der Waals surface area contributed by atoms with E-state index in [-0.39, 0.29) is 17.3 Å². The number of aryl methyl sites for hydroxylation is 2. The minimum atomic E-state index is -0.0219. The summed E-state index contributed by atoms with van der Waals surface area (Å²) in [6, 6.07) is 10.1. The molecule has 0 radical (unpaired) electrons. The SMILES string of the molecule is Cl.O=c1[nH]c2ccc(CCc3[nH]ncc3-c3ccc(Cn4ccnn4)cn3)cc2s1. The highest BCUT2D eigenvalue weighted by Gasteiger charge is 2.10. The van der Waals surface area contributed by atoms with E-state index in [1.54, 1.807) is 10.9 Å². The standard InChI is InChI=1S/C20H17N7OS.ClH/c28-20-24-18-6-2-13(9-19(18)29-20)1-5-17-15(11-23-25-17)16-4-3-14(10-21-16)12-27-8-7-22-26-27;/h2-4,6-11H,1,5,12H2,(H,23,25)(H,24,28);1H. The van der Waals surface area contributed by atoms with Gasteiger partial charge in [0.05, 0.1) is 34.8 Å². The van der Waals surface area contributed by atoms with Crippen molar-refractivity contribution >= 4 is 34.0 Å². The van der Waals surface area contributed by atoms with Crippen LogP contribution in [-0.2, 0) is 19.4 Å². The fourth-order valence-electron chi connectivity index (χ4n) is 3.32. The molecule has 0 unspecified atom stereocenters. The highest BCUT2D eigenvalue weighted by molar-refractivity contribution is 7.16. The van der Waals surface area contributed by atoms with Crippen LogP contribution in [0.15, 0.2) is 59.9 Å². The first kappa shape index (κ1) is 20.0. The molecular formula is C20H18ClN7OS. The van der Waals surface area contributed by atoms with E-state index in [4.69, 9.17) is 0 Å². The third-order valence-electron chi connectivity index (χ3n) is 4.78. The van der Waals surface area contributed by atoms with Gasteiger partial charge in [0.2, 0.25) is 0 Å². The Morgan fingerprint density at radius 1 is 1.07 bits per heavy atom. The second kappa shape index (κ2) is 8.60. The van der Waals surface area contributed by atoms with Gasteiger partial charge in [-0.2, -0.15) is 5.10 Å². The molecule has 0 saturated carbocycles. The monoisotopic (exact) mass is 439 g/mol. The van der Waals surface area contributed by atoms with Crippen molar-refractivity contribution in [3.8, 4) is 11.3 Å². The van der Waals surface area contributed by atoms with Gasteiger partial charge in [-0.15, -0.1) is 17.5 Å². The van der Waals surface area contributed by atoms with Gasteiger partial charge in [0, 0.05) is 23.7 Å². The highest BCUT2D eigenvalue weighted by atomic mass is 35.5. The third kappa shape index (κ3) is 4.17. The molecule has 0 aliphatic rings. The second-order valence-electron chi connectivity index (χ2n) is 6.76. The van der Waals surface area contributed by atoms with Crippen LogP contribution in [0.3, 0.4) is 0 Å². The Morgan fingerprint density at radius 2 is 1.97 bits per heavy atom. The van der Waals surface area contributed by atoms with E-state index in [0.29, 0.717) is 6.54 Å². The van der Waals surface area contributed by atoms with Crippen molar-refractivity contribution in [3.05, 3.63) is 81.6 Å². The number of nitrogens with zero attached hydrogens (tertiary/aromatic N) is 5. The van der Waals surface area contributed by atoms with E-state index in [9.17, 15) is 4.79 Å². The van der Waals surface area contributed by atoms with Crippen LogP contribution in [0.25, 0.3) is 21.5 Å². The van der Waals surface area contributed by atoms with Gasteiger partial charge in [-0.05, 0) is 42.2 Å². The van der Waals surface area contributed by atoms with Crippen molar-refractivity contribution in [3.63, 3.8) is 0 Å². The first-order chi connectivity index (χ1) is 14.2. The third-order valence-corrected chi connectivity index (χ3v) is 5.63. The zero-order valence-corrected chi connectivity index (χ0v) is 17.4. The van der Waals surface area contributed by atoms with E-state index >= 15 is 0 Å². The number of hydrogen-bond acceptors (Lipinski definition) is 6. The molecule has 152 valence electrons. The molecule has 0 saturated heterocycles. The molecule has 0 bridgehead atoms. The summed E-state index contributed by atoms with van der Waals surface area (Å²) in [4.78, 5) is 18.9. The Kier molecular flexibility index (Phi) is 5.73. The molecule has 4 heterocycles. The molecule has 5 rings (SSSR count). The summed E-state index contributed by atoms with van der Waals surface area (Å²) >= 11 is 1.24. The maximum absolute atomic E-state index is 11.5. The molecule has 0 fully saturated rings. The van der Waals surface area contributed by atoms with Gasteiger partial charge in [-0.25, -0.2) is 4.68 Å². The maximum atomic E-state index is 11.5. The fraction of sp³-hybridized carbons (Fsp3) is 0.150. The Hall–Kier alpha value is -3.30. The minimum absolute atomic E-state index is 0. The molecule has 2 N–H and O–H groups in total. The van der Waals surface area contributed by atoms with Crippen molar-refractivity contribution in [1.82, 2.24) is 35.2 Å². The lowest BCUT2D eigenvalue weighted by molar-refractivity contribution is 0.648. The molecule has 0 atom stereocenters. The number of pyridine rings is 1. The summed E-state index contributed by atoms with van der Waals surface area (Å²) in [5.74, 6) is 0. The Balaban J connectivity index is 0.00000218. The van der Waals surface area contributed by atoms with Crippen LogP contribution in [-0.4, -0.2) is 35.2 Å². The highest BCUT2D eigenvalue weighted by Crippen LogP contribution is 2.23. The lowest BCUT2D eigenvalue weighted by Gasteiger charge is -2.05. The van der Waals surface area contributed by atoms with Gasteiger partial charge in [0.1, 0.15) is 0 Å². The smallest absolute Gasteiger partial charge is 0.305 e. The normalized spacial score (nSPS) is 10.9. The van der Waals surface area contributed by atoms with E-state index in [2.05, 4.69) is 42.6 Å². The van der Waals surface area contributed by atoms with Gasteiger partial charge in [0.25, 0.3) is 0 Å². The average Bonchev–Trinajstić information content (AvgIpc) is 3.47. The molecule has 5 aromatic rings. The number of aromatic amines is 2. The first-order valence-corrected chi connectivity index (χ1v) is 10.00. The van der Waals surface area contributed by atoms with E-state index in [1.165, 1.54) is 16.9 Å². The molecule has 8 nitrogen and oxygen atoms in total. The lowest BCUT2D eigenvalue weighted by Crippen LogP contribution is -2.01. The molecule has 1 aromatic carbocycles. The molecule has 0 aliphatic heterocycles. The Morgan fingerprint density at radius 3 is 2.77 bits per heavy atom. The van der Waals surface area contributed by atoms with Crippen LogP contribution >= 0.6 is 23.7 Å². The molecule has 0 spiro atoms. The number of thiazole rings is 1. The number of H-pyrrole nitrogens is 2. The van der Waals surface area contributed by atoms with Crippen molar-refractivity contribution in [2.45, 2.75) is 19.4 Å².